The van der Waals surface area contributed by atoms with Gasteiger partial charge < -0.3 is 5.32 Å². The largest absolute Gasteiger partial charge is 0.310 e. The molecule has 1 fully saturated rings. The first-order valence-electron chi connectivity index (χ1n) is 5.82. The van der Waals surface area contributed by atoms with Gasteiger partial charge in [-0.05, 0) is 53.4 Å². The molecule has 1 heterocycles. The number of hydrogen-bond donors (Lipinski definition) is 1. The fraction of sp³-hybridized carbons (Fsp3) is 0.462. The van der Waals surface area contributed by atoms with E-state index >= 15 is 0 Å². The predicted octanol–water partition coefficient (Wildman–Crippen LogP) is 3.39. The van der Waals surface area contributed by atoms with Gasteiger partial charge in [-0.3, -0.25) is 4.98 Å². The van der Waals surface area contributed by atoms with Crippen molar-refractivity contribution in [3.05, 3.63) is 34.1 Å². The van der Waals surface area contributed by atoms with Crippen LogP contribution in [0.2, 0.25) is 0 Å². The zero-order valence-corrected chi connectivity index (χ0v) is 11.1. The number of pyridine rings is 1. The number of nitrogens with one attached hydrogen (secondary N) is 1. The zero-order valence-electron chi connectivity index (χ0n) is 9.54. The average Bonchev–Trinajstić information content (AvgIpc) is 3.11. The van der Waals surface area contributed by atoms with E-state index in [1.54, 1.807) is 0 Å². The van der Waals surface area contributed by atoms with Crippen LogP contribution in [0.25, 0.3) is 6.08 Å². The maximum Gasteiger partial charge on any atom is 0.0630 e. The molecular weight excluding hydrogens is 264 g/mol. The van der Waals surface area contributed by atoms with E-state index in [4.69, 9.17) is 0 Å². The molecule has 16 heavy (non-hydrogen) atoms. The highest BCUT2D eigenvalue weighted by Gasteiger charge is 2.19. The highest BCUT2D eigenvalue weighted by Crippen LogP contribution is 2.19. The Labute approximate surface area is 105 Å². The molecule has 0 atom stereocenters. The van der Waals surface area contributed by atoms with Crippen molar-refractivity contribution in [1.29, 1.82) is 0 Å². The van der Waals surface area contributed by atoms with Crippen molar-refractivity contribution < 1.29 is 0 Å². The minimum atomic E-state index is 0.771. The SMILES string of the molecule is CC/C(=C/c1ccc(Br)cn1)CNC1CC1. The third-order valence-electron chi connectivity index (χ3n) is 2.75. The van der Waals surface area contributed by atoms with Crippen LogP contribution >= 0.6 is 15.9 Å². The molecule has 0 radical (unpaired) electrons. The third kappa shape index (κ3) is 3.72. The van der Waals surface area contributed by atoms with Gasteiger partial charge in [-0.2, -0.15) is 0 Å². The van der Waals surface area contributed by atoms with Crippen molar-refractivity contribution in [2.75, 3.05) is 6.54 Å². The van der Waals surface area contributed by atoms with Gasteiger partial charge in [0.2, 0.25) is 0 Å². The molecule has 3 heteroatoms. The van der Waals surface area contributed by atoms with Gasteiger partial charge in [-0.1, -0.05) is 12.5 Å². The summed E-state index contributed by atoms with van der Waals surface area (Å²) in [6.07, 6.45) is 7.79. The van der Waals surface area contributed by atoms with Gasteiger partial charge in [0.05, 0.1) is 5.69 Å². The van der Waals surface area contributed by atoms with Gasteiger partial charge in [0.25, 0.3) is 0 Å². The van der Waals surface area contributed by atoms with Crippen molar-refractivity contribution in [2.45, 2.75) is 32.2 Å². The monoisotopic (exact) mass is 280 g/mol. The molecule has 1 saturated carbocycles. The molecule has 2 nitrogen and oxygen atoms in total. The van der Waals surface area contributed by atoms with Gasteiger partial charge >= 0.3 is 0 Å². The highest BCUT2D eigenvalue weighted by atomic mass is 79.9. The zero-order chi connectivity index (χ0) is 11.4. The van der Waals surface area contributed by atoms with Gasteiger partial charge in [0.15, 0.2) is 0 Å². The summed E-state index contributed by atoms with van der Waals surface area (Å²) in [7, 11) is 0. The van der Waals surface area contributed by atoms with E-state index in [2.05, 4.69) is 39.2 Å². The number of nitrogens with zero attached hydrogens (tertiary/aromatic N) is 1. The van der Waals surface area contributed by atoms with Crippen LogP contribution in [0.4, 0.5) is 0 Å². The number of halogens is 1. The Morgan fingerprint density at radius 3 is 2.94 bits per heavy atom. The van der Waals surface area contributed by atoms with Crippen LogP contribution in [0.5, 0.6) is 0 Å². The van der Waals surface area contributed by atoms with E-state index in [1.807, 2.05) is 18.3 Å². The minimum absolute atomic E-state index is 0.771. The Morgan fingerprint density at radius 2 is 2.38 bits per heavy atom. The second-order valence-corrected chi connectivity index (χ2v) is 5.13. The molecule has 0 unspecified atom stereocenters. The van der Waals surface area contributed by atoms with E-state index in [-0.39, 0.29) is 0 Å². The number of aromatic nitrogens is 1. The lowest BCUT2D eigenvalue weighted by molar-refractivity contribution is 0.722. The lowest BCUT2D eigenvalue weighted by Gasteiger charge is -2.05. The minimum Gasteiger partial charge on any atom is -0.310 e. The molecule has 0 aromatic carbocycles. The van der Waals surface area contributed by atoms with Crippen LogP contribution in [0.15, 0.2) is 28.4 Å². The molecule has 86 valence electrons. The molecule has 1 aliphatic rings. The Bertz CT molecular complexity index is 366. The molecular formula is C13H17BrN2. The van der Waals surface area contributed by atoms with Crippen LogP contribution in [0, 0.1) is 0 Å². The molecule has 1 aliphatic carbocycles. The maximum absolute atomic E-state index is 4.36. The van der Waals surface area contributed by atoms with Crippen LogP contribution in [0.1, 0.15) is 31.9 Å². The molecule has 1 N–H and O–H groups in total. The number of hydrogen-bond acceptors (Lipinski definition) is 2. The van der Waals surface area contributed by atoms with Gasteiger partial charge in [-0.25, -0.2) is 0 Å². The molecule has 0 saturated heterocycles. The standard InChI is InChI=1S/C13H17BrN2/c1-2-10(8-15-12-5-6-12)7-13-4-3-11(14)9-16-13/h3-4,7,9,12,15H,2,5-6,8H2,1H3/b10-7-. The van der Waals surface area contributed by atoms with Gasteiger partial charge in [0.1, 0.15) is 0 Å². The molecule has 0 spiro atoms. The van der Waals surface area contributed by atoms with E-state index in [0.717, 1.165) is 29.2 Å². The predicted molar refractivity (Wildman–Crippen MR) is 71.2 cm³/mol. The topological polar surface area (TPSA) is 24.9 Å². The smallest absolute Gasteiger partial charge is 0.0630 e. The quantitative estimate of drug-likeness (QED) is 0.894. The van der Waals surface area contributed by atoms with E-state index in [0.29, 0.717) is 0 Å². The molecule has 0 bridgehead atoms. The summed E-state index contributed by atoms with van der Waals surface area (Å²) < 4.78 is 1.03. The van der Waals surface area contributed by atoms with Crippen LogP contribution in [-0.4, -0.2) is 17.6 Å². The summed E-state index contributed by atoms with van der Waals surface area (Å²) in [5, 5.41) is 3.53. The second-order valence-electron chi connectivity index (χ2n) is 4.21. The summed E-state index contributed by atoms with van der Waals surface area (Å²) in [4.78, 5) is 4.36. The van der Waals surface area contributed by atoms with Crippen LogP contribution < -0.4 is 5.32 Å². The summed E-state index contributed by atoms with van der Waals surface area (Å²) in [6, 6.07) is 4.84. The van der Waals surface area contributed by atoms with Crippen molar-refractivity contribution >= 4 is 22.0 Å². The van der Waals surface area contributed by atoms with Crippen LogP contribution in [0.3, 0.4) is 0 Å². The highest BCUT2D eigenvalue weighted by molar-refractivity contribution is 9.10. The first-order valence-corrected chi connectivity index (χ1v) is 6.61. The lowest BCUT2D eigenvalue weighted by Crippen LogP contribution is -2.18. The normalized spacial score (nSPS) is 16.5. The van der Waals surface area contributed by atoms with Gasteiger partial charge in [-0.15, -0.1) is 0 Å². The van der Waals surface area contributed by atoms with E-state index in [1.165, 1.54) is 18.4 Å². The summed E-state index contributed by atoms with van der Waals surface area (Å²) in [5.74, 6) is 0. The molecule has 0 aliphatic heterocycles. The fourth-order valence-electron chi connectivity index (χ4n) is 1.52. The van der Waals surface area contributed by atoms with Crippen molar-refractivity contribution in [1.82, 2.24) is 10.3 Å². The molecule has 1 aromatic rings. The lowest BCUT2D eigenvalue weighted by atomic mass is 10.1. The van der Waals surface area contributed by atoms with Crippen molar-refractivity contribution in [3.8, 4) is 0 Å². The van der Waals surface area contributed by atoms with Crippen molar-refractivity contribution in [2.24, 2.45) is 0 Å². The number of rotatable bonds is 5. The fourth-order valence-corrected chi connectivity index (χ4v) is 1.76. The first kappa shape index (κ1) is 11.8. The Hall–Kier alpha value is -0.670. The summed E-state index contributed by atoms with van der Waals surface area (Å²) in [5.41, 5.74) is 2.46. The van der Waals surface area contributed by atoms with E-state index < -0.39 is 0 Å². The van der Waals surface area contributed by atoms with Gasteiger partial charge in [0, 0.05) is 23.3 Å². The molecule has 0 amide bonds. The second kappa shape index (κ2) is 5.60. The molecule has 1 aromatic heterocycles. The third-order valence-corrected chi connectivity index (χ3v) is 3.22. The Kier molecular flexibility index (Phi) is 4.13. The Morgan fingerprint density at radius 1 is 1.56 bits per heavy atom. The van der Waals surface area contributed by atoms with Crippen molar-refractivity contribution in [3.63, 3.8) is 0 Å². The maximum atomic E-state index is 4.36. The van der Waals surface area contributed by atoms with Crippen LogP contribution in [-0.2, 0) is 0 Å². The molecule has 2 rings (SSSR count). The summed E-state index contributed by atoms with van der Waals surface area (Å²) in [6.45, 7) is 3.19. The van der Waals surface area contributed by atoms with E-state index in [9.17, 15) is 0 Å². The Balaban J connectivity index is 1.97. The summed E-state index contributed by atoms with van der Waals surface area (Å²) >= 11 is 3.39. The average molecular weight is 281 g/mol. The first-order chi connectivity index (χ1) is 7.78.